The number of aliphatic imine (C=N–C) groups is 1. The molecule has 0 aromatic rings. The van der Waals surface area contributed by atoms with Gasteiger partial charge in [0.2, 0.25) is 0 Å². The fourth-order valence-electron chi connectivity index (χ4n) is 1.45. The molecule has 0 saturated carbocycles. The Morgan fingerprint density at radius 2 is 2.00 bits per heavy atom. The number of nitrogens with one attached hydrogen (secondary N) is 1. The van der Waals surface area contributed by atoms with Crippen LogP contribution in [0.5, 0.6) is 0 Å². The molecule has 1 atom stereocenters. The van der Waals surface area contributed by atoms with Crippen LogP contribution in [0.25, 0.3) is 0 Å². The fraction of sp³-hybridized carbons (Fsp3) is 0.667. The molecule has 0 radical (unpaired) electrons. The van der Waals surface area contributed by atoms with Crippen LogP contribution in [0, 0.1) is 17.2 Å². The van der Waals surface area contributed by atoms with E-state index in [9.17, 15) is 0 Å². The summed E-state index contributed by atoms with van der Waals surface area (Å²) in [5.74, 6) is 1.07. The van der Waals surface area contributed by atoms with E-state index in [2.05, 4.69) is 18.8 Å². The smallest absolute Gasteiger partial charge is 0.171 e. The minimum absolute atomic E-state index is 0.138. The van der Waals surface area contributed by atoms with Crippen molar-refractivity contribution in [3.05, 3.63) is 11.6 Å². The minimum atomic E-state index is 0.138. The first-order chi connectivity index (χ1) is 7.40. The van der Waals surface area contributed by atoms with Crippen molar-refractivity contribution in [1.29, 1.82) is 5.41 Å². The van der Waals surface area contributed by atoms with Crippen LogP contribution in [-0.2, 0) is 0 Å². The van der Waals surface area contributed by atoms with Crippen molar-refractivity contribution < 1.29 is 5.32 Å². The van der Waals surface area contributed by atoms with Crippen molar-refractivity contribution in [1.82, 2.24) is 0 Å². The lowest BCUT2D eigenvalue weighted by Gasteiger charge is -2.18. The standard InChI is InChI=1S/C12H24N4/c1-8(2)11(9(3)10(4)13)6-12(14)16-7-15-5/h6,8-9,13,15H,7H2,1-5H3,(H2,14,16)/p+1/b11-6-,13-10?/t9-/m1/s1. The van der Waals surface area contributed by atoms with E-state index in [1.54, 1.807) is 0 Å². The van der Waals surface area contributed by atoms with Gasteiger partial charge in [0, 0.05) is 11.6 Å². The Bertz CT molecular complexity index is 289. The zero-order valence-corrected chi connectivity index (χ0v) is 11.0. The second-order valence-electron chi connectivity index (χ2n) is 4.38. The van der Waals surface area contributed by atoms with Gasteiger partial charge in [-0.15, -0.1) is 0 Å². The van der Waals surface area contributed by atoms with E-state index in [1.807, 2.05) is 32.3 Å². The molecule has 5 N–H and O–H groups in total. The number of nitrogens with two attached hydrogens (primary N) is 2. The van der Waals surface area contributed by atoms with Gasteiger partial charge in [-0.05, 0) is 18.9 Å². The molecule has 0 bridgehead atoms. The largest absolute Gasteiger partial charge is 0.384 e. The summed E-state index contributed by atoms with van der Waals surface area (Å²) in [6, 6.07) is 0. The molecule has 0 aromatic carbocycles. The van der Waals surface area contributed by atoms with E-state index in [4.69, 9.17) is 11.1 Å². The molecule has 0 saturated heterocycles. The van der Waals surface area contributed by atoms with Gasteiger partial charge in [-0.3, -0.25) is 0 Å². The molecular weight excluding hydrogens is 200 g/mol. The van der Waals surface area contributed by atoms with Gasteiger partial charge in [0.05, 0.1) is 7.05 Å². The molecule has 0 aliphatic rings. The highest BCUT2D eigenvalue weighted by molar-refractivity contribution is 5.94. The molecule has 0 rings (SSSR count). The lowest BCUT2D eigenvalue weighted by atomic mass is 9.88. The quantitative estimate of drug-likeness (QED) is 0.453. The van der Waals surface area contributed by atoms with E-state index >= 15 is 0 Å². The van der Waals surface area contributed by atoms with Gasteiger partial charge in [-0.1, -0.05) is 26.3 Å². The first kappa shape index (κ1) is 14.8. The van der Waals surface area contributed by atoms with E-state index in [-0.39, 0.29) is 5.92 Å². The van der Waals surface area contributed by atoms with Crippen LogP contribution in [0.4, 0.5) is 0 Å². The summed E-state index contributed by atoms with van der Waals surface area (Å²) in [6.07, 6.45) is 1.91. The summed E-state index contributed by atoms with van der Waals surface area (Å²) in [5, 5.41) is 9.64. The zero-order chi connectivity index (χ0) is 12.7. The third-order valence-electron chi connectivity index (χ3n) is 2.59. The van der Waals surface area contributed by atoms with Crippen molar-refractivity contribution >= 4 is 11.5 Å². The van der Waals surface area contributed by atoms with E-state index in [0.717, 1.165) is 0 Å². The second kappa shape index (κ2) is 7.17. The highest BCUT2D eigenvalue weighted by Crippen LogP contribution is 2.20. The summed E-state index contributed by atoms with van der Waals surface area (Å²) in [6.45, 7) is 8.74. The average Bonchev–Trinajstić information content (AvgIpc) is 2.21. The zero-order valence-electron chi connectivity index (χ0n) is 11.0. The number of hydrogen-bond acceptors (Lipinski definition) is 2. The second-order valence-corrected chi connectivity index (χ2v) is 4.38. The average molecular weight is 225 g/mol. The Kier molecular flexibility index (Phi) is 6.65. The molecule has 4 nitrogen and oxygen atoms in total. The summed E-state index contributed by atoms with van der Waals surface area (Å²) in [4.78, 5) is 4.20. The van der Waals surface area contributed by atoms with Crippen LogP contribution in [-0.4, -0.2) is 25.3 Å². The highest BCUT2D eigenvalue weighted by Gasteiger charge is 2.14. The Morgan fingerprint density at radius 1 is 1.44 bits per heavy atom. The number of quaternary nitrogens is 1. The Morgan fingerprint density at radius 3 is 2.38 bits per heavy atom. The summed E-state index contributed by atoms with van der Waals surface area (Å²) >= 11 is 0. The maximum atomic E-state index is 7.68. The van der Waals surface area contributed by atoms with E-state index in [0.29, 0.717) is 24.1 Å². The molecule has 0 fully saturated rings. The fourth-order valence-corrected chi connectivity index (χ4v) is 1.45. The van der Waals surface area contributed by atoms with Gasteiger partial charge in [0.15, 0.2) is 6.67 Å². The van der Waals surface area contributed by atoms with E-state index < -0.39 is 0 Å². The monoisotopic (exact) mass is 225 g/mol. The molecule has 0 heterocycles. The van der Waals surface area contributed by atoms with Crippen molar-refractivity contribution in [2.75, 3.05) is 13.7 Å². The predicted molar refractivity (Wildman–Crippen MR) is 69.8 cm³/mol. The lowest BCUT2D eigenvalue weighted by molar-refractivity contribution is -0.625. The molecule has 4 heteroatoms. The van der Waals surface area contributed by atoms with Gasteiger partial charge < -0.3 is 16.5 Å². The molecule has 0 aliphatic carbocycles. The molecule has 0 aromatic heterocycles. The topological polar surface area (TPSA) is 78.8 Å². The van der Waals surface area contributed by atoms with E-state index in [1.165, 1.54) is 5.57 Å². The van der Waals surface area contributed by atoms with Crippen LogP contribution >= 0.6 is 0 Å². The Balaban J connectivity index is 4.91. The Hall–Kier alpha value is -1.16. The molecule has 0 spiro atoms. The van der Waals surface area contributed by atoms with Gasteiger partial charge >= 0.3 is 0 Å². The lowest BCUT2D eigenvalue weighted by Crippen LogP contribution is -2.79. The van der Waals surface area contributed by atoms with Crippen LogP contribution in [0.2, 0.25) is 0 Å². The van der Waals surface area contributed by atoms with Crippen molar-refractivity contribution in [3.8, 4) is 0 Å². The summed E-state index contributed by atoms with van der Waals surface area (Å²) < 4.78 is 0. The highest BCUT2D eigenvalue weighted by atomic mass is 15.0. The minimum Gasteiger partial charge on any atom is -0.384 e. The third-order valence-corrected chi connectivity index (χ3v) is 2.59. The van der Waals surface area contributed by atoms with Crippen LogP contribution in [0.1, 0.15) is 27.7 Å². The molecule has 16 heavy (non-hydrogen) atoms. The van der Waals surface area contributed by atoms with Gasteiger partial charge in [-0.2, -0.15) is 0 Å². The third kappa shape index (κ3) is 5.07. The Labute approximate surface area is 98.5 Å². The molecule has 0 amide bonds. The van der Waals surface area contributed by atoms with Gasteiger partial charge in [0.1, 0.15) is 5.84 Å². The van der Waals surface area contributed by atoms with Gasteiger partial charge in [0.25, 0.3) is 0 Å². The van der Waals surface area contributed by atoms with Crippen molar-refractivity contribution in [2.24, 2.45) is 22.6 Å². The number of nitrogens with zero attached hydrogens (tertiary/aromatic N) is 1. The predicted octanol–water partition coefficient (Wildman–Crippen LogP) is 0.752. The van der Waals surface area contributed by atoms with Crippen molar-refractivity contribution in [3.63, 3.8) is 0 Å². The molecule has 0 unspecified atom stereocenters. The first-order valence-corrected chi connectivity index (χ1v) is 5.74. The van der Waals surface area contributed by atoms with Crippen molar-refractivity contribution in [2.45, 2.75) is 27.7 Å². The maximum absolute atomic E-state index is 7.68. The number of hydrogen-bond donors (Lipinski definition) is 3. The maximum Gasteiger partial charge on any atom is 0.171 e. The number of amidine groups is 1. The first-order valence-electron chi connectivity index (χ1n) is 5.74. The van der Waals surface area contributed by atoms with Crippen LogP contribution < -0.4 is 11.1 Å². The SMILES string of the molecule is C[NH2+]C/N=C(N)\C=C(\C(C)C)[C@H](C)C(C)=N. The normalized spacial score (nSPS) is 15.4. The number of rotatable bonds is 6. The van der Waals surface area contributed by atoms with Crippen LogP contribution in [0.3, 0.4) is 0 Å². The van der Waals surface area contributed by atoms with Crippen LogP contribution in [0.15, 0.2) is 16.6 Å². The molecule has 92 valence electrons. The molecular formula is C12H25N4+. The number of allylic oxidation sites excluding steroid dienone is 1. The van der Waals surface area contributed by atoms with Gasteiger partial charge in [-0.25, -0.2) is 4.99 Å². The molecule has 0 aliphatic heterocycles. The summed E-state index contributed by atoms with van der Waals surface area (Å²) in [5.41, 5.74) is 7.65. The summed E-state index contributed by atoms with van der Waals surface area (Å²) in [7, 11) is 1.95.